The van der Waals surface area contributed by atoms with Gasteiger partial charge in [0, 0.05) is 17.0 Å². The topological polar surface area (TPSA) is 77.8 Å². The first-order valence-electron chi connectivity index (χ1n) is 10.0. The highest BCUT2D eigenvalue weighted by Crippen LogP contribution is 2.30. The fraction of sp³-hybridized carbons (Fsp3) is 0.545. The maximum atomic E-state index is 12.4. The predicted molar refractivity (Wildman–Crippen MR) is 107 cm³/mol. The van der Waals surface area contributed by atoms with Crippen molar-refractivity contribution in [3.63, 3.8) is 0 Å². The number of benzene rings is 1. The van der Waals surface area contributed by atoms with Gasteiger partial charge in [0.25, 0.3) is 5.91 Å². The predicted octanol–water partition coefficient (Wildman–Crippen LogP) is 4.24. The molecule has 1 aliphatic rings. The molecule has 1 N–H and O–H groups in total. The van der Waals surface area contributed by atoms with E-state index in [1.807, 2.05) is 13.0 Å². The highest BCUT2D eigenvalue weighted by atomic mass is 16.5. The summed E-state index contributed by atoms with van der Waals surface area (Å²) < 4.78 is 16.3. The van der Waals surface area contributed by atoms with Gasteiger partial charge < -0.3 is 19.2 Å². The summed E-state index contributed by atoms with van der Waals surface area (Å²) >= 11 is 0. The molecular weight excluding hydrogens is 358 g/mol. The van der Waals surface area contributed by atoms with E-state index in [9.17, 15) is 9.59 Å². The van der Waals surface area contributed by atoms with Crippen LogP contribution < -0.4 is 10.1 Å². The lowest BCUT2D eigenvalue weighted by atomic mass is 9.78. The standard InChI is InChI=1S/C22H29NO5/c1-5-26-16-9-10-19-17(11-16)15(4)21(28-19)22(25)27-12-20(24)23-18-8-6-7-13(2)14(18)3/h9-11,13-14,18H,5-8,12H2,1-4H3,(H,23,24)/t13-,14-,18-/m1/s1. The molecule has 1 fully saturated rings. The van der Waals surface area contributed by atoms with Crippen LogP contribution in [0.1, 0.15) is 56.2 Å². The average Bonchev–Trinajstić information content (AvgIpc) is 3.00. The fourth-order valence-corrected chi connectivity index (χ4v) is 3.88. The number of aryl methyl sites for hydroxylation is 1. The lowest BCUT2D eigenvalue weighted by molar-refractivity contribution is -0.125. The average molecular weight is 387 g/mol. The second kappa shape index (κ2) is 8.67. The van der Waals surface area contributed by atoms with Gasteiger partial charge in [0.1, 0.15) is 11.3 Å². The van der Waals surface area contributed by atoms with Crippen LogP contribution in [0.4, 0.5) is 0 Å². The van der Waals surface area contributed by atoms with Crippen molar-refractivity contribution in [1.29, 1.82) is 0 Å². The molecular formula is C22H29NO5. The normalized spacial score (nSPS) is 22.1. The fourth-order valence-electron chi connectivity index (χ4n) is 3.88. The lowest BCUT2D eigenvalue weighted by Crippen LogP contribution is -2.45. The van der Waals surface area contributed by atoms with Crippen LogP contribution >= 0.6 is 0 Å². The van der Waals surface area contributed by atoms with E-state index in [1.165, 1.54) is 6.42 Å². The summed E-state index contributed by atoms with van der Waals surface area (Å²) in [5, 5.41) is 3.80. The maximum absolute atomic E-state index is 12.4. The zero-order chi connectivity index (χ0) is 20.3. The number of hydrogen-bond acceptors (Lipinski definition) is 5. The Bertz CT molecular complexity index is 856. The van der Waals surface area contributed by atoms with Crippen molar-refractivity contribution in [2.75, 3.05) is 13.2 Å². The molecule has 0 spiro atoms. The first-order chi connectivity index (χ1) is 13.4. The molecule has 0 radical (unpaired) electrons. The van der Waals surface area contributed by atoms with Gasteiger partial charge in [-0.3, -0.25) is 4.79 Å². The number of ether oxygens (including phenoxy) is 2. The van der Waals surface area contributed by atoms with Crippen LogP contribution in [0, 0.1) is 18.8 Å². The summed E-state index contributed by atoms with van der Waals surface area (Å²) in [6.45, 7) is 8.33. The molecule has 1 aliphatic carbocycles. The van der Waals surface area contributed by atoms with E-state index in [0.717, 1.165) is 18.2 Å². The zero-order valence-corrected chi connectivity index (χ0v) is 17.0. The first-order valence-corrected chi connectivity index (χ1v) is 10.0. The van der Waals surface area contributed by atoms with Crippen LogP contribution in [0.15, 0.2) is 22.6 Å². The molecule has 0 unspecified atom stereocenters. The molecule has 0 aliphatic heterocycles. The molecule has 1 amide bonds. The van der Waals surface area contributed by atoms with Crippen LogP contribution in [0.3, 0.4) is 0 Å². The Morgan fingerprint density at radius 1 is 1.25 bits per heavy atom. The Balaban J connectivity index is 1.61. The third kappa shape index (κ3) is 4.32. The number of carbonyl (C=O) groups excluding carboxylic acids is 2. The largest absolute Gasteiger partial charge is 0.494 e. The molecule has 28 heavy (non-hydrogen) atoms. The molecule has 6 nitrogen and oxygen atoms in total. The van der Waals surface area contributed by atoms with Gasteiger partial charge in [-0.2, -0.15) is 0 Å². The smallest absolute Gasteiger partial charge is 0.375 e. The molecule has 0 saturated heterocycles. The molecule has 152 valence electrons. The summed E-state index contributed by atoms with van der Waals surface area (Å²) in [6.07, 6.45) is 3.27. The summed E-state index contributed by atoms with van der Waals surface area (Å²) in [4.78, 5) is 24.7. The van der Waals surface area contributed by atoms with Crippen molar-refractivity contribution < 1.29 is 23.5 Å². The van der Waals surface area contributed by atoms with E-state index in [4.69, 9.17) is 13.9 Å². The second-order valence-corrected chi connectivity index (χ2v) is 7.66. The summed E-state index contributed by atoms with van der Waals surface area (Å²) in [6, 6.07) is 5.54. The number of amides is 1. The lowest BCUT2D eigenvalue weighted by Gasteiger charge is -2.34. The molecule has 3 atom stereocenters. The zero-order valence-electron chi connectivity index (χ0n) is 17.0. The number of carbonyl (C=O) groups is 2. The van der Waals surface area contributed by atoms with E-state index in [-0.39, 0.29) is 24.3 Å². The minimum Gasteiger partial charge on any atom is -0.494 e. The van der Waals surface area contributed by atoms with Crippen molar-refractivity contribution in [1.82, 2.24) is 5.32 Å². The maximum Gasteiger partial charge on any atom is 0.375 e. The molecule has 6 heteroatoms. The summed E-state index contributed by atoms with van der Waals surface area (Å²) in [7, 11) is 0. The van der Waals surface area contributed by atoms with E-state index < -0.39 is 5.97 Å². The van der Waals surface area contributed by atoms with Crippen LogP contribution in [-0.2, 0) is 9.53 Å². The quantitative estimate of drug-likeness (QED) is 0.750. The van der Waals surface area contributed by atoms with Crippen LogP contribution in [-0.4, -0.2) is 31.1 Å². The van der Waals surface area contributed by atoms with Gasteiger partial charge in [-0.25, -0.2) is 4.79 Å². The monoisotopic (exact) mass is 387 g/mol. The van der Waals surface area contributed by atoms with Gasteiger partial charge in [0.2, 0.25) is 5.76 Å². The number of nitrogens with one attached hydrogen (secondary N) is 1. The molecule has 2 aromatic rings. The second-order valence-electron chi connectivity index (χ2n) is 7.66. The summed E-state index contributed by atoms with van der Waals surface area (Å²) in [5.74, 6) is 0.940. The molecule has 0 bridgehead atoms. The van der Waals surface area contributed by atoms with Crippen molar-refractivity contribution in [2.24, 2.45) is 11.8 Å². The van der Waals surface area contributed by atoms with Crippen molar-refractivity contribution in [3.05, 3.63) is 29.5 Å². The van der Waals surface area contributed by atoms with Gasteiger partial charge >= 0.3 is 5.97 Å². The van der Waals surface area contributed by atoms with E-state index in [1.54, 1.807) is 19.1 Å². The van der Waals surface area contributed by atoms with E-state index >= 15 is 0 Å². The molecule has 1 saturated carbocycles. The van der Waals surface area contributed by atoms with Gasteiger partial charge in [0.15, 0.2) is 6.61 Å². The molecule has 1 aromatic carbocycles. The van der Waals surface area contributed by atoms with Crippen LogP contribution in [0.5, 0.6) is 5.75 Å². The van der Waals surface area contributed by atoms with E-state index in [2.05, 4.69) is 19.2 Å². The van der Waals surface area contributed by atoms with Crippen molar-refractivity contribution in [2.45, 2.75) is 53.0 Å². The Morgan fingerprint density at radius 3 is 2.79 bits per heavy atom. The highest BCUT2D eigenvalue weighted by molar-refractivity contribution is 5.97. The van der Waals surface area contributed by atoms with Gasteiger partial charge in [0.05, 0.1) is 6.61 Å². The van der Waals surface area contributed by atoms with Gasteiger partial charge in [-0.1, -0.05) is 26.7 Å². The Labute approximate surface area is 165 Å². The van der Waals surface area contributed by atoms with Crippen LogP contribution in [0.2, 0.25) is 0 Å². The third-order valence-electron chi connectivity index (χ3n) is 5.79. The Hall–Kier alpha value is -2.50. The highest BCUT2D eigenvalue weighted by Gasteiger charge is 2.28. The SMILES string of the molecule is CCOc1ccc2oc(C(=O)OCC(=O)N[C@@H]3CCC[C@@H](C)[C@H]3C)c(C)c2c1. The number of esters is 1. The minimum atomic E-state index is -0.633. The summed E-state index contributed by atoms with van der Waals surface area (Å²) in [5.41, 5.74) is 1.26. The number of rotatable bonds is 6. The molecule has 3 rings (SSSR count). The van der Waals surface area contributed by atoms with Crippen molar-refractivity contribution >= 4 is 22.8 Å². The molecule has 1 heterocycles. The van der Waals surface area contributed by atoms with E-state index in [0.29, 0.717) is 35.3 Å². The first kappa shape index (κ1) is 20.2. The Morgan fingerprint density at radius 2 is 2.04 bits per heavy atom. The number of fused-ring (bicyclic) bond motifs is 1. The van der Waals surface area contributed by atoms with Gasteiger partial charge in [-0.05, 0) is 50.3 Å². The van der Waals surface area contributed by atoms with Crippen molar-refractivity contribution in [3.8, 4) is 5.75 Å². The number of furan rings is 1. The minimum absolute atomic E-state index is 0.121. The molecule has 1 aromatic heterocycles. The Kier molecular flexibility index (Phi) is 6.27. The van der Waals surface area contributed by atoms with Gasteiger partial charge in [-0.15, -0.1) is 0 Å². The van der Waals surface area contributed by atoms with Crippen LogP contribution in [0.25, 0.3) is 11.0 Å². The third-order valence-corrected chi connectivity index (χ3v) is 5.79. The number of hydrogen-bond donors (Lipinski definition) is 1.